The van der Waals surface area contributed by atoms with Crippen molar-refractivity contribution in [3.63, 3.8) is 0 Å². The first-order valence-electron chi connectivity index (χ1n) is 7.76. The van der Waals surface area contributed by atoms with Crippen LogP contribution in [0.1, 0.15) is 48.6 Å². The van der Waals surface area contributed by atoms with E-state index < -0.39 is 11.7 Å². The normalized spacial score (nSPS) is 13.1. The van der Waals surface area contributed by atoms with Crippen LogP contribution in [0.25, 0.3) is 0 Å². The summed E-state index contributed by atoms with van der Waals surface area (Å²) in [5, 5.41) is 0. The van der Waals surface area contributed by atoms with Crippen molar-refractivity contribution in [2.24, 2.45) is 0 Å². The van der Waals surface area contributed by atoms with Crippen LogP contribution in [0.2, 0.25) is 0 Å². The van der Waals surface area contributed by atoms with Gasteiger partial charge in [0.15, 0.2) is 0 Å². The van der Waals surface area contributed by atoms with Crippen molar-refractivity contribution in [1.82, 2.24) is 0 Å². The highest BCUT2D eigenvalue weighted by molar-refractivity contribution is 5.25. The lowest BCUT2D eigenvalue weighted by Crippen LogP contribution is -2.05. The van der Waals surface area contributed by atoms with Gasteiger partial charge in [-0.1, -0.05) is 49.7 Å². The number of aryl methyl sites for hydroxylation is 1. The van der Waals surface area contributed by atoms with E-state index in [9.17, 15) is 13.2 Å². The summed E-state index contributed by atoms with van der Waals surface area (Å²) in [5.74, 6) is 0. The lowest BCUT2D eigenvalue weighted by molar-refractivity contribution is -0.137. The molecule has 124 valence electrons. The fourth-order valence-corrected chi connectivity index (χ4v) is 2.35. The minimum absolute atomic E-state index is 0.104. The van der Waals surface area contributed by atoms with Crippen LogP contribution in [0.3, 0.4) is 0 Å². The van der Waals surface area contributed by atoms with Crippen LogP contribution in [0.4, 0.5) is 13.2 Å². The van der Waals surface area contributed by atoms with E-state index in [4.69, 9.17) is 4.74 Å². The van der Waals surface area contributed by atoms with Gasteiger partial charge in [-0.2, -0.15) is 13.2 Å². The zero-order chi connectivity index (χ0) is 16.9. The summed E-state index contributed by atoms with van der Waals surface area (Å²) >= 11 is 0. The zero-order valence-electron chi connectivity index (χ0n) is 13.4. The third-order valence-electron chi connectivity index (χ3n) is 3.77. The highest BCUT2D eigenvalue weighted by Crippen LogP contribution is 2.29. The second-order valence-corrected chi connectivity index (χ2v) is 5.64. The zero-order valence-corrected chi connectivity index (χ0v) is 13.4. The molecule has 0 bridgehead atoms. The van der Waals surface area contributed by atoms with E-state index in [1.54, 1.807) is 0 Å². The maximum atomic E-state index is 12.5. The summed E-state index contributed by atoms with van der Waals surface area (Å²) in [7, 11) is 0. The fraction of sp³-hybridized carbons (Fsp3) is 0.368. The van der Waals surface area contributed by atoms with E-state index in [-0.39, 0.29) is 12.7 Å². The maximum Gasteiger partial charge on any atom is 0.416 e. The molecule has 0 aliphatic rings. The molecule has 0 aromatic heterocycles. The van der Waals surface area contributed by atoms with Gasteiger partial charge < -0.3 is 4.74 Å². The van der Waals surface area contributed by atoms with Crippen molar-refractivity contribution in [3.05, 3.63) is 70.8 Å². The van der Waals surface area contributed by atoms with Crippen LogP contribution < -0.4 is 0 Å². The van der Waals surface area contributed by atoms with Crippen LogP contribution in [0, 0.1) is 0 Å². The molecule has 1 atom stereocenters. The molecule has 0 heterocycles. The molecule has 0 fully saturated rings. The first-order valence-corrected chi connectivity index (χ1v) is 7.76. The van der Waals surface area contributed by atoms with Crippen molar-refractivity contribution in [2.75, 3.05) is 0 Å². The minimum Gasteiger partial charge on any atom is -0.369 e. The van der Waals surface area contributed by atoms with Gasteiger partial charge >= 0.3 is 6.18 Å². The summed E-state index contributed by atoms with van der Waals surface area (Å²) in [6.07, 6.45) is -2.24. The lowest BCUT2D eigenvalue weighted by Gasteiger charge is -2.14. The molecule has 0 spiro atoms. The molecular weight excluding hydrogens is 301 g/mol. The summed E-state index contributed by atoms with van der Waals surface area (Å²) in [4.78, 5) is 0. The summed E-state index contributed by atoms with van der Waals surface area (Å²) in [6.45, 7) is 4.37. The molecule has 1 unspecified atom stereocenters. The van der Waals surface area contributed by atoms with Gasteiger partial charge in [0.1, 0.15) is 0 Å². The Hall–Kier alpha value is -1.81. The van der Waals surface area contributed by atoms with Gasteiger partial charge in [-0.25, -0.2) is 0 Å². The number of benzene rings is 2. The largest absolute Gasteiger partial charge is 0.416 e. The van der Waals surface area contributed by atoms with Crippen molar-refractivity contribution in [1.29, 1.82) is 0 Å². The molecule has 2 aromatic carbocycles. The van der Waals surface area contributed by atoms with E-state index in [1.165, 1.54) is 17.7 Å². The number of rotatable bonds is 6. The van der Waals surface area contributed by atoms with Crippen molar-refractivity contribution in [2.45, 2.75) is 45.6 Å². The summed E-state index contributed by atoms with van der Waals surface area (Å²) in [5.41, 5.74) is 2.45. The van der Waals surface area contributed by atoms with E-state index in [2.05, 4.69) is 19.1 Å². The molecule has 2 aromatic rings. The highest BCUT2D eigenvalue weighted by Gasteiger charge is 2.29. The predicted octanol–water partition coefficient (Wildman–Crippen LogP) is 5.94. The maximum absolute atomic E-state index is 12.5. The summed E-state index contributed by atoms with van der Waals surface area (Å²) in [6, 6.07) is 13.4. The van der Waals surface area contributed by atoms with Crippen molar-refractivity contribution >= 4 is 0 Å². The van der Waals surface area contributed by atoms with Crippen molar-refractivity contribution in [3.8, 4) is 0 Å². The number of halogens is 3. The van der Waals surface area contributed by atoms with Gasteiger partial charge in [-0.3, -0.25) is 0 Å². The van der Waals surface area contributed by atoms with E-state index in [1.807, 2.05) is 19.1 Å². The van der Waals surface area contributed by atoms with Gasteiger partial charge in [0.25, 0.3) is 0 Å². The molecular formula is C19H21F3O. The van der Waals surface area contributed by atoms with Crippen LogP contribution in [-0.4, -0.2) is 0 Å². The molecule has 0 N–H and O–H groups in total. The average Bonchev–Trinajstić information content (AvgIpc) is 2.53. The van der Waals surface area contributed by atoms with Crippen LogP contribution in [-0.2, 0) is 23.9 Å². The van der Waals surface area contributed by atoms with Crippen LogP contribution >= 0.6 is 0 Å². The molecule has 0 aliphatic heterocycles. The molecule has 0 amide bonds. The Balaban J connectivity index is 1.92. The van der Waals surface area contributed by atoms with Crippen LogP contribution in [0.5, 0.6) is 0 Å². The predicted molar refractivity (Wildman–Crippen MR) is 85.1 cm³/mol. The smallest absolute Gasteiger partial charge is 0.369 e. The average molecular weight is 322 g/mol. The molecule has 23 heavy (non-hydrogen) atoms. The van der Waals surface area contributed by atoms with Crippen molar-refractivity contribution < 1.29 is 17.9 Å². The Labute approximate surface area is 135 Å². The Morgan fingerprint density at radius 3 is 2.00 bits per heavy atom. The molecule has 0 saturated heterocycles. The number of hydrogen-bond acceptors (Lipinski definition) is 1. The Morgan fingerprint density at radius 2 is 1.48 bits per heavy atom. The standard InChI is InChI=1S/C19H21F3O/c1-3-4-15-5-9-17(10-6-15)14(2)23-13-16-7-11-18(12-8-16)19(20,21)22/h5-12,14H,3-4,13H2,1-2H3. The molecule has 1 nitrogen and oxygen atoms in total. The highest BCUT2D eigenvalue weighted by atomic mass is 19.4. The van der Waals surface area contributed by atoms with Gasteiger partial charge in [-0.15, -0.1) is 0 Å². The molecule has 2 rings (SSSR count). The Morgan fingerprint density at radius 1 is 0.913 bits per heavy atom. The summed E-state index contributed by atoms with van der Waals surface area (Å²) < 4.78 is 43.3. The van der Waals surface area contributed by atoms with Crippen LogP contribution in [0.15, 0.2) is 48.5 Å². The lowest BCUT2D eigenvalue weighted by atomic mass is 10.1. The molecule has 0 radical (unpaired) electrons. The molecule has 0 saturated carbocycles. The monoisotopic (exact) mass is 322 g/mol. The SMILES string of the molecule is CCCc1ccc(C(C)OCc2ccc(C(F)(F)F)cc2)cc1. The third-order valence-corrected chi connectivity index (χ3v) is 3.77. The number of hydrogen-bond donors (Lipinski definition) is 0. The first kappa shape index (κ1) is 17.5. The number of ether oxygens (including phenoxy) is 1. The molecule has 0 aliphatic carbocycles. The van der Waals surface area contributed by atoms with Gasteiger partial charge in [0.05, 0.1) is 18.3 Å². The first-order chi connectivity index (χ1) is 10.9. The Kier molecular flexibility index (Phi) is 5.83. The van der Waals surface area contributed by atoms with Gasteiger partial charge in [0, 0.05) is 0 Å². The quantitative estimate of drug-likeness (QED) is 0.640. The topological polar surface area (TPSA) is 9.23 Å². The third kappa shape index (κ3) is 5.10. The van der Waals surface area contributed by atoms with E-state index in [0.717, 1.165) is 36.1 Å². The second kappa shape index (κ2) is 7.64. The van der Waals surface area contributed by atoms with Gasteiger partial charge in [0.2, 0.25) is 0 Å². The molecule has 4 heteroatoms. The Bertz CT molecular complexity index is 600. The minimum atomic E-state index is -4.30. The second-order valence-electron chi connectivity index (χ2n) is 5.64. The van der Waals surface area contributed by atoms with E-state index in [0.29, 0.717) is 0 Å². The fourth-order valence-electron chi connectivity index (χ4n) is 2.35. The number of alkyl halides is 3. The van der Waals surface area contributed by atoms with Gasteiger partial charge in [-0.05, 0) is 42.2 Å². The van der Waals surface area contributed by atoms with E-state index >= 15 is 0 Å².